The van der Waals surface area contributed by atoms with Crippen molar-refractivity contribution in [2.75, 3.05) is 32.7 Å². The number of alkyl carbamates (subject to hydrolysis) is 2. The normalized spacial score (nSPS) is 12.0. The van der Waals surface area contributed by atoms with Gasteiger partial charge in [-0.1, -0.05) is 30.3 Å². The number of esters is 1. The minimum absolute atomic E-state index is 0.0465. The molecule has 1 unspecified atom stereocenters. The Labute approximate surface area is 269 Å². The highest BCUT2D eigenvalue weighted by Gasteiger charge is 2.28. The van der Waals surface area contributed by atoms with E-state index in [2.05, 4.69) is 26.0 Å². The lowest BCUT2D eigenvalue weighted by atomic mass is 10.1. The standard InChI is InChI=1S/C31H44N4O10S/c1-21-17-24(43-16-10-13-25(36)32-14-15-33-29(38)44-19-23-11-8-7-9-12-23)18-22(2)26(21)46(40,41)20-34-27(28(37)42-6)35-30(39)45-31(3,4)5/h7-9,11-12,17-18,27,34H,10,13-16,19-20H2,1-6H3,(H,32,36)(H,33,38)(H,35,39). The molecule has 0 aliphatic heterocycles. The number of hydrogen-bond acceptors (Lipinski definition) is 11. The van der Waals surface area contributed by atoms with Crippen molar-refractivity contribution in [2.45, 2.75) is 70.7 Å². The van der Waals surface area contributed by atoms with Crippen LogP contribution < -0.4 is 26.0 Å². The molecule has 0 heterocycles. The summed E-state index contributed by atoms with van der Waals surface area (Å²) in [6.07, 6.45) is -2.37. The van der Waals surface area contributed by atoms with Crippen LogP contribution in [0.2, 0.25) is 0 Å². The maximum Gasteiger partial charge on any atom is 0.409 e. The number of ether oxygens (including phenoxy) is 4. The van der Waals surface area contributed by atoms with E-state index in [1.807, 2.05) is 30.3 Å². The number of hydrogen-bond donors (Lipinski definition) is 4. The van der Waals surface area contributed by atoms with Crippen LogP contribution in [0.1, 0.15) is 50.3 Å². The maximum absolute atomic E-state index is 13.2. The maximum atomic E-state index is 13.2. The van der Waals surface area contributed by atoms with Gasteiger partial charge in [0.2, 0.25) is 5.91 Å². The number of amides is 3. The van der Waals surface area contributed by atoms with E-state index in [1.54, 1.807) is 46.8 Å². The van der Waals surface area contributed by atoms with E-state index in [1.165, 1.54) is 0 Å². The quantitative estimate of drug-likeness (QED) is 0.0894. The first kappa shape index (κ1) is 37.8. The average Bonchev–Trinajstić information content (AvgIpc) is 2.97. The lowest BCUT2D eigenvalue weighted by molar-refractivity contribution is -0.143. The van der Waals surface area contributed by atoms with Crippen LogP contribution in [-0.4, -0.2) is 76.9 Å². The highest BCUT2D eigenvalue weighted by Crippen LogP contribution is 2.26. The number of methoxy groups -OCH3 is 1. The van der Waals surface area contributed by atoms with Gasteiger partial charge in [0.05, 0.1) is 18.6 Å². The number of carbonyl (C=O) groups is 4. The summed E-state index contributed by atoms with van der Waals surface area (Å²) in [5.74, 6) is -1.36. The molecule has 4 N–H and O–H groups in total. The monoisotopic (exact) mass is 664 g/mol. The average molecular weight is 665 g/mol. The molecule has 15 heteroatoms. The molecule has 0 spiro atoms. The number of benzene rings is 2. The van der Waals surface area contributed by atoms with Crippen LogP contribution in [0.25, 0.3) is 0 Å². The van der Waals surface area contributed by atoms with Crippen LogP contribution in [0.5, 0.6) is 5.75 Å². The van der Waals surface area contributed by atoms with Crippen molar-refractivity contribution >= 4 is 33.9 Å². The Morgan fingerprint density at radius 2 is 1.54 bits per heavy atom. The third-order valence-electron chi connectivity index (χ3n) is 6.07. The van der Waals surface area contributed by atoms with Crippen LogP contribution >= 0.6 is 0 Å². The zero-order valence-electron chi connectivity index (χ0n) is 27.1. The van der Waals surface area contributed by atoms with Gasteiger partial charge in [-0.3, -0.25) is 15.4 Å². The molecule has 0 aliphatic carbocycles. The van der Waals surface area contributed by atoms with Crippen molar-refractivity contribution in [3.8, 4) is 5.75 Å². The number of carbonyl (C=O) groups excluding carboxylic acids is 4. The van der Waals surface area contributed by atoms with Gasteiger partial charge in [0.25, 0.3) is 0 Å². The van der Waals surface area contributed by atoms with E-state index < -0.39 is 45.6 Å². The molecule has 2 aromatic rings. The third kappa shape index (κ3) is 13.7. The van der Waals surface area contributed by atoms with E-state index in [0.29, 0.717) is 23.3 Å². The Balaban J connectivity index is 1.79. The van der Waals surface area contributed by atoms with Crippen molar-refractivity contribution < 1.29 is 46.5 Å². The molecule has 2 rings (SSSR count). The summed E-state index contributed by atoms with van der Waals surface area (Å²) < 4.78 is 47.1. The summed E-state index contributed by atoms with van der Waals surface area (Å²) in [6.45, 7) is 8.97. The molecule has 0 saturated carbocycles. The van der Waals surface area contributed by atoms with Gasteiger partial charge in [-0.05, 0) is 69.9 Å². The highest BCUT2D eigenvalue weighted by atomic mass is 32.2. The third-order valence-corrected chi connectivity index (χ3v) is 7.88. The van der Waals surface area contributed by atoms with Gasteiger partial charge in [0, 0.05) is 19.5 Å². The minimum atomic E-state index is -3.97. The molecule has 254 valence electrons. The second-order valence-electron chi connectivity index (χ2n) is 11.2. The van der Waals surface area contributed by atoms with Crippen LogP contribution in [0.15, 0.2) is 47.4 Å². The molecular formula is C31H44N4O10S. The molecule has 46 heavy (non-hydrogen) atoms. The van der Waals surface area contributed by atoms with E-state index in [9.17, 15) is 27.6 Å². The molecule has 3 amide bonds. The van der Waals surface area contributed by atoms with Gasteiger partial charge in [0.1, 0.15) is 23.8 Å². The topological polar surface area (TPSA) is 187 Å². The Morgan fingerprint density at radius 3 is 2.15 bits per heavy atom. The second kappa shape index (κ2) is 17.9. The Morgan fingerprint density at radius 1 is 0.913 bits per heavy atom. The largest absolute Gasteiger partial charge is 0.494 e. The van der Waals surface area contributed by atoms with Gasteiger partial charge in [-0.2, -0.15) is 0 Å². The smallest absolute Gasteiger partial charge is 0.409 e. The summed E-state index contributed by atoms with van der Waals surface area (Å²) in [4.78, 5) is 48.2. The summed E-state index contributed by atoms with van der Waals surface area (Å²) in [7, 11) is -2.86. The molecule has 0 radical (unpaired) electrons. The van der Waals surface area contributed by atoms with Gasteiger partial charge in [0.15, 0.2) is 16.0 Å². The first-order valence-electron chi connectivity index (χ1n) is 14.6. The molecular weight excluding hydrogens is 620 g/mol. The zero-order valence-corrected chi connectivity index (χ0v) is 27.9. The zero-order chi connectivity index (χ0) is 34.3. The van der Waals surface area contributed by atoms with Crippen molar-refractivity contribution in [3.63, 3.8) is 0 Å². The van der Waals surface area contributed by atoms with Crippen molar-refractivity contribution in [2.24, 2.45) is 0 Å². The van der Waals surface area contributed by atoms with Crippen LogP contribution in [0.4, 0.5) is 9.59 Å². The predicted molar refractivity (Wildman–Crippen MR) is 169 cm³/mol. The summed E-state index contributed by atoms with van der Waals surface area (Å²) in [5.41, 5.74) is 0.868. The predicted octanol–water partition coefficient (Wildman–Crippen LogP) is 2.85. The highest BCUT2D eigenvalue weighted by molar-refractivity contribution is 7.91. The van der Waals surface area contributed by atoms with E-state index >= 15 is 0 Å². The Hall–Kier alpha value is -4.37. The SMILES string of the molecule is COC(=O)C(NCS(=O)(=O)c1c(C)cc(OCCCC(=O)NCCNC(=O)OCc2ccccc2)cc1C)NC(=O)OC(C)(C)C. The van der Waals surface area contributed by atoms with Crippen LogP contribution in [0, 0.1) is 13.8 Å². The Bertz CT molecular complexity index is 1420. The lowest BCUT2D eigenvalue weighted by Gasteiger charge is -2.23. The summed E-state index contributed by atoms with van der Waals surface area (Å²) in [6, 6.07) is 12.4. The van der Waals surface area contributed by atoms with Gasteiger partial charge in [-0.25, -0.2) is 22.8 Å². The molecule has 1 atom stereocenters. The van der Waals surface area contributed by atoms with Crippen LogP contribution in [0.3, 0.4) is 0 Å². The number of nitrogens with one attached hydrogen (secondary N) is 4. The Kier molecular flexibility index (Phi) is 14.8. The minimum Gasteiger partial charge on any atom is -0.494 e. The lowest BCUT2D eigenvalue weighted by Crippen LogP contribution is -2.53. The van der Waals surface area contributed by atoms with Gasteiger partial charge < -0.3 is 29.6 Å². The fraction of sp³-hybridized carbons (Fsp3) is 0.484. The molecule has 0 fully saturated rings. The fourth-order valence-electron chi connectivity index (χ4n) is 4.14. The summed E-state index contributed by atoms with van der Waals surface area (Å²) in [5, 5.41) is 10.1. The summed E-state index contributed by atoms with van der Waals surface area (Å²) >= 11 is 0. The number of sulfone groups is 1. The fourth-order valence-corrected chi connectivity index (χ4v) is 5.77. The van der Waals surface area contributed by atoms with Crippen molar-refractivity contribution in [1.29, 1.82) is 0 Å². The molecule has 14 nitrogen and oxygen atoms in total. The van der Waals surface area contributed by atoms with Crippen molar-refractivity contribution in [3.05, 3.63) is 59.2 Å². The van der Waals surface area contributed by atoms with Gasteiger partial charge in [-0.15, -0.1) is 0 Å². The number of rotatable bonds is 16. The van der Waals surface area contributed by atoms with Crippen molar-refractivity contribution in [1.82, 2.24) is 21.3 Å². The molecule has 2 aromatic carbocycles. The molecule has 0 aliphatic rings. The number of aryl methyl sites for hydroxylation is 2. The van der Waals surface area contributed by atoms with E-state index in [0.717, 1.165) is 12.7 Å². The van der Waals surface area contributed by atoms with E-state index in [4.69, 9.17) is 14.2 Å². The first-order chi connectivity index (χ1) is 21.6. The molecule has 0 saturated heterocycles. The molecule has 0 aromatic heterocycles. The molecule has 0 bridgehead atoms. The van der Waals surface area contributed by atoms with Gasteiger partial charge >= 0.3 is 18.2 Å². The van der Waals surface area contributed by atoms with E-state index in [-0.39, 0.29) is 43.5 Å². The first-order valence-corrected chi connectivity index (χ1v) is 16.3. The second-order valence-corrected chi connectivity index (χ2v) is 13.2. The van der Waals surface area contributed by atoms with Crippen LogP contribution in [-0.2, 0) is 40.2 Å².